The zero-order valence-corrected chi connectivity index (χ0v) is 15.8. The van der Waals surface area contributed by atoms with E-state index >= 15 is 0 Å². The molecule has 0 spiro atoms. The van der Waals surface area contributed by atoms with E-state index in [1.807, 2.05) is 31.2 Å². The SMILES string of the molecule is COc1ccccc1NC(=O)c1cc(Nc2cccc(C)c2C)nc(C)n1. The van der Waals surface area contributed by atoms with E-state index in [4.69, 9.17) is 4.74 Å². The number of para-hydroxylation sites is 2. The highest BCUT2D eigenvalue weighted by atomic mass is 16.5. The van der Waals surface area contributed by atoms with Crippen molar-refractivity contribution in [2.75, 3.05) is 17.7 Å². The number of rotatable bonds is 5. The summed E-state index contributed by atoms with van der Waals surface area (Å²) in [6, 6.07) is 14.9. The first-order valence-corrected chi connectivity index (χ1v) is 8.61. The molecule has 0 bridgehead atoms. The minimum Gasteiger partial charge on any atom is -0.495 e. The lowest BCUT2D eigenvalue weighted by Crippen LogP contribution is -2.16. The monoisotopic (exact) mass is 362 g/mol. The predicted octanol–water partition coefficient (Wildman–Crippen LogP) is 4.41. The van der Waals surface area contributed by atoms with Crippen molar-refractivity contribution in [1.82, 2.24) is 9.97 Å². The molecule has 0 unspecified atom stereocenters. The Balaban J connectivity index is 1.86. The number of ether oxygens (including phenoxy) is 1. The average molecular weight is 362 g/mol. The van der Waals surface area contributed by atoms with Gasteiger partial charge in [-0.2, -0.15) is 0 Å². The largest absolute Gasteiger partial charge is 0.495 e. The Morgan fingerprint density at radius 1 is 0.963 bits per heavy atom. The number of benzene rings is 2. The van der Waals surface area contributed by atoms with E-state index in [1.165, 1.54) is 5.56 Å². The van der Waals surface area contributed by atoms with Crippen LogP contribution in [-0.4, -0.2) is 23.0 Å². The number of carbonyl (C=O) groups excluding carboxylic acids is 1. The van der Waals surface area contributed by atoms with Crippen LogP contribution in [0.25, 0.3) is 0 Å². The van der Waals surface area contributed by atoms with Crippen LogP contribution in [0.2, 0.25) is 0 Å². The zero-order chi connectivity index (χ0) is 19.4. The molecule has 0 atom stereocenters. The van der Waals surface area contributed by atoms with Crippen molar-refractivity contribution in [2.45, 2.75) is 20.8 Å². The number of methoxy groups -OCH3 is 1. The third-order valence-corrected chi connectivity index (χ3v) is 4.29. The summed E-state index contributed by atoms with van der Waals surface area (Å²) in [6.45, 7) is 5.85. The number of hydrogen-bond donors (Lipinski definition) is 2. The topological polar surface area (TPSA) is 76.1 Å². The molecule has 3 aromatic rings. The summed E-state index contributed by atoms with van der Waals surface area (Å²) in [5.41, 5.74) is 4.13. The molecule has 138 valence electrons. The Labute approximate surface area is 158 Å². The summed E-state index contributed by atoms with van der Waals surface area (Å²) in [6.07, 6.45) is 0. The first kappa shape index (κ1) is 18.4. The maximum atomic E-state index is 12.7. The molecular weight excluding hydrogens is 340 g/mol. The summed E-state index contributed by atoms with van der Waals surface area (Å²) in [7, 11) is 1.56. The van der Waals surface area contributed by atoms with Gasteiger partial charge in [-0.25, -0.2) is 9.97 Å². The number of amides is 1. The van der Waals surface area contributed by atoms with Gasteiger partial charge >= 0.3 is 0 Å². The predicted molar refractivity (Wildman–Crippen MR) is 107 cm³/mol. The number of aryl methyl sites for hydroxylation is 2. The van der Waals surface area contributed by atoms with Gasteiger partial charge < -0.3 is 15.4 Å². The van der Waals surface area contributed by atoms with E-state index in [0.29, 0.717) is 23.1 Å². The molecule has 2 aromatic carbocycles. The third-order valence-electron chi connectivity index (χ3n) is 4.29. The molecule has 0 aliphatic carbocycles. The average Bonchev–Trinajstić information content (AvgIpc) is 2.65. The smallest absolute Gasteiger partial charge is 0.274 e. The molecular formula is C21H22N4O2. The summed E-state index contributed by atoms with van der Waals surface area (Å²) in [5, 5.41) is 6.11. The molecule has 3 rings (SSSR count). The molecule has 0 saturated carbocycles. The summed E-state index contributed by atoms with van der Waals surface area (Å²) >= 11 is 0. The molecule has 27 heavy (non-hydrogen) atoms. The Bertz CT molecular complexity index is 986. The second-order valence-corrected chi connectivity index (χ2v) is 6.21. The maximum absolute atomic E-state index is 12.7. The van der Waals surface area contributed by atoms with Crippen molar-refractivity contribution < 1.29 is 9.53 Å². The number of aromatic nitrogens is 2. The van der Waals surface area contributed by atoms with Crippen LogP contribution in [0.5, 0.6) is 5.75 Å². The van der Waals surface area contributed by atoms with Crippen LogP contribution < -0.4 is 15.4 Å². The van der Waals surface area contributed by atoms with Gasteiger partial charge in [-0.15, -0.1) is 0 Å². The van der Waals surface area contributed by atoms with Gasteiger partial charge in [0.1, 0.15) is 23.1 Å². The standard InChI is InChI=1S/C21H22N4O2/c1-13-8-7-10-16(14(13)2)24-20-12-18(22-15(3)23-20)21(26)25-17-9-5-6-11-19(17)27-4/h5-12H,1-4H3,(H,25,26)(H,22,23,24). The minimum absolute atomic E-state index is 0.279. The van der Waals surface area contributed by atoms with Gasteiger partial charge in [0.05, 0.1) is 12.8 Å². The van der Waals surface area contributed by atoms with Crippen LogP contribution in [0.3, 0.4) is 0 Å². The molecule has 0 fully saturated rings. The van der Waals surface area contributed by atoms with Crippen molar-refractivity contribution >= 4 is 23.1 Å². The number of carbonyl (C=O) groups is 1. The van der Waals surface area contributed by atoms with Crippen molar-refractivity contribution in [3.8, 4) is 5.75 Å². The number of nitrogens with one attached hydrogen (secondary N) is 2. The van der Waals surface area contributed by atoms with E-state index in [-0.39, 0.29) is 11.6 Å². The second-order valence-electron chi connectivity index (χ2n) is 6.21. The van der Waals surface area contributed by atoms with Crippen LogP contribution in [0, 0.1) is 20.8 Å². The molecule has 1 aromatic heterocycles. The van der Waals surface area contributed by atoms with Crippen LogP contribution in [0.4, 0.5) is 17.2 Å². The molecule has 2 N–H and O–H groups in total. The van der Waals surface area contributed by atoms with Gasteiger partial charge in [0.2, 0.25) is 0 Å². The van der Waals surface area contributed by atoms with Gasteiger partial charge in [0.15, 0.2) is 0 Å². The van der Waals surface area contributed by atoms with Gasteiger partial charge in [0, 0.05) is 11.8 Å². The lowest BCUT2D eigenvalue weighted by Gasteiger charge is -2.13. The summed E-state index contributed by atoms with van der Waals surface area (Å²) < 4.78 is 5.27. The Morgan fingerprint density at radius 3 is 2.48 bits per heavy atom. The summed E-state index contributed by atoms with van der Waals surface area (Å²) in [4.78, 5) is 21.3. The maximum Gasteiger partial charge on any atom is 0.274 e. The number of nitrogens with zero attached hydrogens (tertiary/aromatic N) is 2. The molecule has 0 radical (unpaired) electrons. The molecule has 1 heterocycles. The van der Waals surface area contributed by atoms with E-state index in [9.17, 15) is 4.79 Å². The fourth-order valence-corrected chi connectivity index (χ4v) is 2.71. The van der Waals surface area contributed by atoms with E-state index in [2.05, 4.69) is 33.6 Å². The minimum atomic E-state index is -0.325. The molecule has 0 aliphatic heterocycles. The first-order chi connectivity index (χ1) is 13.0. The molecule has 6 nitrogen and oxygen atoms in total. The van der Waals surface area contributed by atoms with Crippen molar-refractivity contribution in [3.63, 3.8) is 0 Å². The fraction of sp³-hybridized carbons (Fsp3) is 0.190. The van der Waals surface area contributed by atoms with Gasteiger partial charge in [-0.3, -0.25) is 4.79 Å². The number of hydrogen-bond acceptors (Lipinski definition) is 5. The van der Waals surface area contributed by atoms with Crippen LogP contribution in [0.1, 0.15) is 27.4 Å². The Kier molecular flexibility index (Phi) is 5.35. The molecule has 6 heteroatoms. The van der Waals surface area contributed by atoms with Crippen LogP contribution in [-0.2, 0) is 0 Å². The van der Waals surface area contributed by atoms with E-state index < -0.39 is 0 Å². The lowest BCUT2D eigenvalue weighted by atomic mass is 10.1. The second kappa shape index (κ2) is 7.86. The lowest BCUT2D eigenvalue weighted by molar-refractivity contribution is 0.102. The van der Waals surface area contributed by atoms with E-state index in [0.717, 1.165) is 11.3 Å². The molecule has 1 amide bonds. The normalized spacial score (nSPS) is 10.4. The third kappa shape index (κ3) is 4.23. The van der Waals surface area contributed by atoms with Crippen LogP contribution in [0.15, 0.2) is 48.5 Å². The van der Waals surface area contributed by atoms with E-state index in [1.54, 1.807) is 32.2 Å². The quantitative estimate of drug-likeness (QED) is 0.703. The van der Waals surface area contributed by atoms with Crippen LogP contribution >= 0.6 is 0 Å². The Hall–Kier alpha value is -3.41. The zero-order valence-electron chi connectivity index (χ0n) is 15.8. The van der Waals surface area contributed by atoms with Gasteiger partial charge in [-0.05, 0) is 50.1 Å². The highest BCUT2D eigenvalue weighted by Gasteiger charge is 2.13. The molecule has 0 saturated heterocycles. The van der Waals surface area contributed by atoms with Crippen molar-refractivity contribution in [2.24, 2.45) is 0 Å². The highest BCUT2D eigenvalue weighted by molar-refractivity contribution is 6.04. The first-order valence-electron chi connectivity index (χ1n) is 8.61. The molecule has 0 aliphatic rings. The Morgan fingerprint density at radius 2 is 1.70 bits per heavy atom. The van der Waals surface area contributed by atoms with Crippen molar-refractivity contribution in [1.29, 1.82) is 0 Å². The van der Waals surface area contributed by atoms with Gasteiger partial charge in [-0.1, -0.05) is 24.3 Å². The van der Waals surface area contributed by atoms with Gasteiger partial charge in [0.25, 0.3) is 5.91 Å². The highest BCUT2D eigenvalue weighted by Crippen LogP contribution is 2.25. The summed E-state index contributed by atoms with van der Waals surface area (Å²) in [5.74, 6) is 1.34. The fourth-order valence-electron chi connectivity index (χ4n) is 2.71. The number of anilines is 3. The van der Waals surface area contributed by atoms with Crippen molar-refractivity contribution in [3.05, 3.63) is 71.2 Å².